The summed E-state index contributed by atoms with van der Waals surface area (Å²) in [7, 11) is 1.60. The number of alkyl halides is 1. The zero-order chi connectivity index (χ0) is 21.6. The van der Waals surface area contributed by atoms with Gasteiger partial charge < -0.3 is 14.9 Å². The van der Waals surface area contributed by atoms with Crippen molar-refractivity contribution in [3.63, 3.8) is 0 Å². The highest BCUT2D eigenvalue weighted by molar-refractivity contribution is 9.09. The number of allylic oxidation sites excluding steroid dienone is 1. The molecular formula is C25H33BrO3. The van der Waals surface area contributed by atoms with E-state index in [1.165, 1.54) is 19.3 Å². The summed E-state index contributed by atoms with van der Waals surface area (Å²) in [6.45, 7) is 10.3. The summed E-state index contributed by atoms with van der Waals surface area (Å²) in [5, 5.41) is 22.8. The van der Waals surface area contributed by atoms with Gasteiger partial charge in [0.15, 0.2) is 0 Å². The maximum Gasteiger partial charge on any atom is 0.127 e. The molecule has 0 radical (unpaired) electrons. The molecule has 4 heteroatoms. The van der Waals surface area contributed by atoms with Crippen LogP contribution in [0.4, 0.5) is 0 Å². The average Bonchev–Trinajstić information content (AvgIpc) is 2.66. The second kappa shape index (κ2) is 10.2. The lowest BCUT2D eigenvalue weighted by Gasteiger charge is -2.27. The fraction of sp³-hybridized carbons (Fsp3) is 0.440. The van der Waals surface area contributed by atoms with Crippen molar-refractivity contribution in [3.8, 4) is 28.4 Å². The smallest absolute Gasteiger partial charge is 0.127 e. The molecule has 2 N–H and O–H groups in total. The molecule has 0 bridgehead atoms. The summed E-state index contributed by atoms with van der Waals surface area (Å²) in [5.74, 6) is 0.808. The van der Waals surface area contributed by atoms with Gasteiger partial charge in [-0.2, -0.15) is 0 Å². The quantitative estimate of drug-likeness (QED) is 0.286. The molecule has 2 aromatic rings. The maximum atomic E-state index is 10.9. The summed E-state index contributed by atoms with van der Waals surface area (Å²) in [6, 6.07) is 9.16. The summed E-state index contributed by atoms with van der Waals surface area (Å²) in [5.41, 5.74) is 3.67. The van der Waals surface area contributed by atoms with Crippen LogP contribution in [0.3, 0.4) is 0 Å². The standard InChI is InChI=1S/C25H33BrO3/c1-17(2)20-11-10-19(29-5)16-21(20)24-22(27)14-18(15-23(24)28)25(3,4)12-8-6-7-9-13-26/h10-11,14-16,27-28H,1,6-9,12-13H2,2-5H3. The lowest BCUT2D eigenvalue weighted by atomic mass is 9.79. The second-order valence-corrected chi connectivity index (χ2v) is 9.11. The Hall–Kier alpha value is -1.94. The highest BCUT2D eigenvalue weighted by Crippen LogP contribution is 2.45. The van der Waals surface area contributed by atoms with E-state index in [4.69, 9.17) is 4.74 Å². The fourth-order valence-corrected chi connectivity index (χ4v) is 4.06. The minimum Gasteiger partial charge on any atom is -0.507 e. The van der Waals surface area contributed by atoms with Gasteiger partial charge in [-0.1, -0.05) is 67.3 Å². The molecule has 0 amide bonds. The van der Waals surface area contributed by atoms with Crippen LogP contribution in [-0.2, 0) is 5.41 Å². The van der Waals surface area contributed by atoms with Crippen molar-refractivity contribution >= 4 is 21.5 Å². The van der Waals surface area contributed by atoms with Gasteiger partial charge in [0.1, 0.15) is 17.2 Å². The van der Waals surface area contributed by atoms with Crippen molar-refractivity contribution < 1.29 is 14.9 Å². The molecule has 0 fully saturated rings. The lowest BCUT2D eigenvalue weighted by Crippen LogP contribution is -2.17. The zero-order valence-corrected chi connectivity index (χ0v) is 19.6. The van der Waals surface area contributed by atoms with E-state index in [2.05, 4.69) is 36.4 Å². The lowest BCUT2D eigenvalue weighted by molar-refractivity contribution is 0.414. The first-order valence-corrected chi connectivity index (χ1v) is 11.3. The first kappa shape index (κ1) is 23.3. The number of unbranched alkanes of at least 4 members (excludes halogenated alkanes) is 3. The first-order valence-electron chi connectivity index (χ1n) is 10.2. The first-order chi connectivity index (χ1) is 13.7. The normalized spacial score (nSPS) is 11.5. The molecule has 158 valence electrons. The molecule has 0 spiro atoms. The molecule has 0 unspecified atom stereocenters. The summed E-state index contributed by atoms with van der Waals surface area (Å²) in [6.07, 6.45) is 5.73. The third kappa shape index (κ3) is 5.79. The molecule has 0 aromatic heterocycles. The molecule has 3 nitrogen and oxygen atoms in total. The minimum atomic E-state index is -0.131. The number of aromatic hydroxyl groups is 2. The molecule has 0 heterocycles. The van der Waals surface area contributed by atoms with E-state index in [9.17, 15) is 10.2 Å². The van der Waals surface area contributed by atoms with Crippen LogP contribution in [0.5, 0.6) is 17.2 Å². The Bertz CT molecular complexity index is 832. The Labute approximate surface area is 183 Å². The molecule has 0 aliphatic carbocycles. The second-order valence-electron chi connectivity index (χ2n) is 8.32. The topological polar surface area (TPSA) is 49.7 Å². The van der Waals surface area contributed by atoms with Crippen LogP contribution in [0.15, 0.2) is 36.9 Å². The summed E-state index contributed by atoms with van der Waals surface area (Å²) < 4.78 is 5.35. The van der Waals surface area contributed by atoms with Crippen LogP contribution in [0.2, 0.25) is 0 Å². The van der Waals surface area contributed by atoms with Gasteiger partial charge in [0.05, 0.1) is 12.7 Å². The van der Waals surface area contributed by atoms with E-state index >= 15 is 0 Å². The number of rotatable bonds is 10. The van der Waals surface area contributed by atoms with Gasteiger partial charge in [-0.3, -0.25) is 0 Å². The minimum absolute atomic E-state index is 0.0723. The number of hydrogen-bond donors (Lipinski definition) is 2. The molecule has 0 aliphatic heterocycles. The van der Waals surface area contributed by atoms with E-state index in [0.29, 0.717) is 16.9 Å². The number of phenols is 2. The van der Waals surface area contributed by atoms with Crippen LogP contribution >= 0.6 is 15.9 Å². The van der Waals surface area contributed by atoms with Crippen molar-refractivity contribution in [2.45, 2.75) is 58.3 Å². The van der Waals surface area contributed by atoms with E-state index in [-0.39, 0.29) is 16.9 Å². The SMILES string of the molecule is C=C(C)c1ccc(OC)cc1-c1c(O)cc(C(C)(C)CCCCCCBr)cc1O. The molecule has 29 heavy (non-hydrogen) atoms. The van der Waals surface area contributed by atoms with Crippen molar-refractivity contribution in [3.05, 3.63) is 48.0 Å². The summed E-state index contributed by atoms with van der Waals surface area (Å²) >= 11 is 3.47. The van der Waals surface area contributed by atoms with Crippen molar-refractivity contribution in [2.75, 3.05) is 12.4 Å². The Balaban J connectivity index is 2.38. The van der Waals surface area contributed by atoms with Gasteiger partial charge in [0.2, 0.25) is 0 Å². The number of benzene rings is 2. The van der Waals surface area contributed by atoms with Crippen LogP contribution in [0.1, 0.15) is 64.0 Å². The molecule has 0 aliphatic rings. The Morgan fingerprint density at radius 3 is 2.21 bits per heavy atom. The highest BCUT2D eigenvalue weighted by Gasteiger charge is 2.24. The Kier molecular flexibility index (Phi) is 8.21. The highest BCUT2D eigenvalue weighted by atomic mass is 79.9. The molecular weight excluding hydrogens is 428 g/mol. The predicted octanol–water partition coefficient (Wildman–Crippen LogP) is 7.43. The zero-order valence-electron chi connectivity index (χ0n) is 18.0. The van der Waals surface area contributed by atoms with Gasteiger partial charge in [-0.05, 0) is 60.6 Å². The van der Waals surface area contributed by atoms with E-state index in [1.54, 1.807) is 19.2 Å². The van der Waals surface area contributed by atoms with Crippen molar-refractivity contribution in [1.82, 2.24) is 0 Å². The Morgan fingerprint density at radius 2 is 1.66 bits per heavy atom. The molecule has 2 rings (SSSR count). The number of ether oxygens (including phenoxy) is 1. The molecule has 0 atom stereocenters. The molecule has 0 saturated carbocycles. The predicted molar refractivity (Wildman–Crippen MR) is 126 cm³/mol. The average molecular weight is 461 g/mol. The van der Waals surface area contributed by atoms with E-state index in [1.807, 2.05) is 25.1 Å². The number of halogens is 1. The fourth-order valence-electron chi connectivity index (χ4n) is 3.67. The Morgan fingerprint density at radius 1 is 1.03 bits per heavy atom. The van der Waals surface area contributed by atoms with Crippen molar-refractivity contribution in [1.29, 1.82) is 0 Å². The van der Waals surface area contributed by atoms with Gasteiger partial charge in [-0.15, -0.1) is 0 Å². The monoisotopic (exact) mass is 460 g/mol. The van der Waals surface area contributed by atoms with Crippen LogP contribution < -0.4 is 4.74 Å². The van der Waals surface area contributed by atoms with Gasteiger partial charge >= 0.3 is 0 Å². The number of hydrogen-bond acceptors (Lipinski definition) is 3. The van der Waals surface area contributed by atoms with Gasteiger partial charge in [0, 0.05) is 10.9 Å². The van der Waals surface area contributed by atoms with Crippen molar-refractivity contribution in [2.24, 2.45) is 0 Å². The summed E-state index contributed by atoms with van der Waals surface area (Å²) in [4.78, 5) is 0. The number of phenolic OH excluding ortho intramolecular Hbond substituents is 2. The van der Waals surface area contributed by atoms with Gasteiger partial charge in [-0.25, -0.2) is 0 Å². The van der Waals surface area contributed by atoms with Crippen LogP contribution in [-0.4, -0.2) is 22.7 Å². The maximum absolute atomic E-state index is 10.9. The van der Waals surface area contributed by atoms with Crippen LogP contribution in [0.25, 0.3) is 16.7 Å². The molecule has 2 aromatic carbocycles. The van der Waals surface area contributed by atoms with Gasteiger partial charge in [0.25, 0.3) is 0 Å². The van der Waals surface area contributed by atoms with Crippen LogP contribution in [0, 0.1) is 0 Å². The third-order valence-corrected chi connectivity index (χ3v) is 6.08. The third-order valence-electron chi connectivity index (χ3n) is 5.52. The largest absolute Gasteiger partial charge is 0.507 e. The van der Waals surface area contributed by atoms with E-state index < -0.39 is 0 Å². The molecule has 0 saturated heterocycles. The number of methoxy groups -OCH3 is 1. The van der Waals surface area contributed by atoms with E-state index in [0.717, 1.165) is 34.9 Å².